The van der Waals surface area contributed by atoms with E-state index in [0.29, 0.717) is 19.8 Å². The van der Waals surface area contributed by atoms with Crippen LogP contribution >= 0.6 is 0 Å². The summed E-state index contributed by atoms with van der Waals surface area (Å²) >= 11 is 0. The fraction of sp³-hybridized carbons (Fsp3) is 1.00. The third kappa shape index (κ3) is 12.9. The molecule has 0 N–H and O–H groups in total. The molecule has 0 amide bonds. The van der Waals surface area contributed by atoms with E-state index in [4.69, 9.17) is 18.9 Å². The molecule has 0 aromatic carbocycles. The van der Waals surface area contributed by atoms with E-state index in [2.05, 4.69) is 6.92 Å². The first kappa shape index (κ1) is 19.8. The molecule has 20 heavy (non-hydrogen) atoms. The van der Waals surface area contributed by atoms with Crippen LogP contribution in [0.15, 0.2) is 0 Å². The lowest BCUT2D eigenvalue weighted by atomic mass is 10.3. The van der Waals surface area contributed by atoms with E-state index >= 15 is 0 Å². The van der Waals surface area contributed by atoms with Crippen molar-refractivity contribution in [2.45, 2.75) is 72.2 Å². The average molecular weight is 290 g/mol. The van der Waals surface area contributed by atoms with Gasteiger partial charge in [0.2, 0.25) is 0 Å². The average Bonchev–Trinajstić information content (AvgIpc) is 2.43. The minimum Gasteiger partial charge on any atom is -0.379 e. The highest BCUT2D eigenvalue weighted by atomic mass is 16.6. The lowest BCUT2D eigenvalue weighted by Gasteiger charge is -2.19. The van der Waals surface area contributed by atoms with Gasteiger partial charge in [0, 0.05) is 13.2 Å². The van der Waals surface area contributed by atoms with Gasteiger partial charge in [-0.25, -0.2) is 0 Å². The van der Waals surface area contributed by atoms with Gasteiger partial charge >= 0.3 is 0 Å². The molecular formula is C16H34O4. The maximum absolute atomic E-state index is 5.71. The molecule has 0 aliphatic rings. The fourth-order valence-corrected chi connectivity index (χ4v) is 1.73. The van der Waals surface area contributed by atoms with Crippen LogP contribution in [0, 0.1) is 0 Å². The molecule has 3 atom stereocenters. The van der Waals surface area contributed by atoms with E-state index in [1.54, 1.807) is 0 Å². The Morgan fingerprint density at radius 3 is 1.80 bits per heavy atom. The minimum atomic E-state index is 0.0837. The van der Waals surface area contributed by atoms with Crippen LogP contribution in [0.3, 0.4) is 0 Å². The van der Waals surface area contributed by atoms with Crippen LogP contribution in [-0.4, -0.2) is 51.3 Å². The van der Waals surface area contributed by atoms with Gasteiger partial charge in [-0.05, 0) is 34.1 Å². The molecule has 0 aromatic rings. The Morgan fingerprint density at radius 1 is 0.700 bits per heavy atom. The van der Waals surface area contributed by atoms with Gasteiger partial charge in [0.25, 0.3) is 0 Å². The lowest BCUT2D eigenvalue weighted by Crippen LogP contribution is -2.26. The number of hydrogen-bond donors (Lipinski definition) is 0. The van der Waals surface area contributed by atoms with Crippen LogP contribution in [0.2, 0.25) is 0 Å². The van der Waals surface area contributed by atoms with Gasteiger partial charge in [0.1, 0.15) is 0 Å². The summed E-state index contributed by atoms with van der Waals surface area (Å²) in [4.78, 5) is 0. The maximum atomic E-state index is 5.71. The van der Waals surface area contributed by atoms with Gasteiger partial charge in [0.15, 0.2) is 0 Å². The van der Waals surface area contributed by atoms with E-state index in [-0.39, 0.29) is 18.3 Å². The number of ether oxygens (including phenoxy) is 4. The normalized spacial score (nSPS) is 16.1. The quantitative estimate of drug-likeness (QED) is 0.459. The standard InChI is InChI=1S/C16H34O4/c1-6-8-9-10-17-11-14(3)19-13-16(5)20-12-15(4)18-7-2/h14-16H,6-13H2,1-5H3. The van der Waals surface area contributed by atoms with E-state index in [0.717, 1.165) is 19.6 Å². The van der Waals surface area contributed by atoms with E-state index in [1.165, 1.54) is 12.8 Å². The second-order valence-corrected chi connectivity index (χ2v) is 5.34. The van der Waals surface area contributed by atoms with Crippen molar-refractivity contribution in [3.8, 4) is 0 Å². The molecule has 0 radical (unpaired) electrons. The van der Waals surface area contributed by atoms with Gasteiger partial charge in [-0.15, -0.1) is 0 Å². The van der Waals surface area contributed by atoms with Crippen molar-refractivity contribution in [3.05, 3.63) is 0 Å². The Hall–Kier alpha value is -0.160. The maximum Gasteiger partial charge on any atom is 0.0781 e. The van der Waals surface area contributed by atoms with E-state index in [1.807, 2.05) is 27.7 Å². The molecule has 122 valence electrons. The molecule has 0 saturated carbocycles. The number of unbranched alkanes of at least 4 members (excludes halogenated alkanes) is 2. The van der Waals surface area contributed by atoms with Crippen molar-refractivity contribution in [2.24, 2.45) is 0 Å². The summed E-state index contributed by atoms with van der Waals surface area (Å²) < 4.78 is 22.4. The Morgan fingerprint density at radius 2 is 1.25 bits per heavy atom. The highest BCUT2D eigenvalue weighted by Crippen LogP contribution is 2.01. The molecule has 0 rings (SSSR count). The van der Waals surface area contributed by atoms with Crippen molar-refractivity contribution < 1.29 is 18.9 Å². The van der Waals surface area contributed by atoms with E-state index in [9.17, 15) is 0 Å². The number of rotatable bonds is 14. The van der Waals surface area contributed by atoms with Crippen LogP contribution in [-0.2, 0) is 18.9 Å². The van der Waals surface area contributed by atoms with Gasteiger partial charge in [-0.3, -0.25) is 0 Å². The monoisotopic (exact) mass is 290 g/mol. The Labute approximate surface area is 125 Å². The molecule has 3 unspecified atom stereocenters. The molecule has 0 heterocycles. The van der Waals surface area contributed by atoms with Crippen molar-refractivity contribution in [1.29, 1.82) is 0 Å². The second kappa shape index (κ2) is 13.8. The smallest absolute Gasteiger partial charge is 0.0781 e. The molecule has 0 aromatic heterocycles. The topological polar surface area (TPSA) is 36.9 Å². The van der Waals surface area contributed by atoms with E-state index < -0.39 is 0 Å². The highest BCUT2D eigenvalue weighted by Gasteiger charge is 2.09. The van der Waals surface area contributed by atoms with Crippen LogP contribution in [0.1, 0.15) is 53.9 Å². The third-order valence-electron chi connectivity index (χ3n) is 2.93. The Balaban J connectivity index is 3.45. The summed E-state index contributed by atoms with van der Waals surface area (Å²) in [5.74, 6) is 0. The fourth-order valence-electron chi connectivity index (χ4n) is 1.73. The van der Waals surface area contributed by atoms with Gasteiger partial charge in [-0.2, -0.15) is 0 Å². The Kier molecular flexibility index (Phi) is 13.7. The summed E-state index contributed by atoms with van der Waals surface area (Å²) in [5, 5.41) is 0. The molecule has 4 nitrogen and oxygen atoms in total. The third-order valence-corrected chi connectivity index (χ3v) is 2.93. The largest absolute Gasteiger partial charge is 0.379 e. The zero-order valence-corrected chi connectivity index (χ0v) is 14.0. The number of hydrogen-bond acceptors (Lipinski definition) is 4. The molecule has 0 bridgehead atoms. The van der Waals surface area contributed by atoms with Crippen molar-refractivity contribution >= 4 is 0 Å². The lowest BCUT2D eigenvalue weighted by molar-refractivity contribution is -0.0788. The Bertz CT molecular complexity index is 199. The minimum absolute atomic E-state index is 0.0837. The van der Waals surface area contributed by atoms with Crippen LogP contribution < -0.4 is 0 Å². The zero-order chi connectivity index (χ0) is 15.2. The highest BCUT2D eigenvalue weighted by molar-refractivity contribution is 4.55. The summed E-state index contributed by atoms with van der Waals surface area (Å²) in [6.07, 6.45) is 3.94. The predicted octanol–water partition coefficient (Wildman–Crippen LogP) is 3.43. The molecule has 0 saturated heterocycles. The first-order chi connectivity index (χ1) is 9.60. The van der Waals surface area contributed by atoms with Gasteiger partial charge in [-0.1, -0.05) is 19.8 Å². The van der Waals surface area contributed by atoms with Crippen LogP contribution in [0.5, 0.6) is 0 Å². The summed E-state index contributed by atoms with van der Waals surface area (Å²) in [7, 11) is 0. The van der Waals surface area contributed by atoms with Crippen molar-refractivity contribution in [1.82, 2.24) is 0 Å². The van der Waals surface area contributed by atoms with Crippen LogP contribution in [0.4, 0.5) is 0 Å². The summed E-state index contributed by atoms with van der Waals surface area (Å²) in [6.45, 7) is 13.7. The molecule has 0 aliphatic carbocycles. The van der Waals surface area contributed by atoms with Crippen LogP contribution in [0.25, 0.3) is 0 Å². The second-order valence-electron chi connectivity index (χ2n) is 5.34. The van der Waals surface area contributed by atoms with Gasteiger partial charge < -0.3 is 18.9 Å². The first-order valence-electron chi connectivity index (χ1n) is 8.02. The zero-order valence-electron chi connectivity index (χ0n) is 14.0. The SMILES string of the molecule is CCCCCOCC(C)OCC(C)OCC(C)OCC. The molecule has 0 aliphatic heterocycles. The summed E-state index contributed by atoms with van der Waals surface area (Å²) in [5.41, 5.74) is 0. The summed E-state index contributed by atoms with van der Waals surface area (Å²) in [6, 6.07) is 0. The van der Waals surface area contributed by atoms with Crippen molar-refractivity contribution in [3.63, 3.8) is 0 Å². The molecule has 0 spiro atoms. The molecule has 0 fully saturated rings. The van der Waals surface area contributed by atoms with Gasteiger partial charge in [0.05, 0.1) is 38.1 Å². The molecule has 4 heteroatoms. The predicted molar refractivity (Wildman–Crippen MR) is 82.3 cm³/mol. The molecular weight excluding hydrogens is 256 g/mol. The van der Waals surface area contributed by atoms with Crippen molar-refractivity contribution in [2.75, 3.05) is 33.0 Å². The first-order valence-corrected chi connectivity index (χ1v) is 8.02.